The Morgan fingerprint density at radius 3 is 2.57 bits per heavy atom. The Morgan fingerprint density at radius 2 is 1.77 bits per heavy atom. The smallest absolute Gasteiger partial charge is 0.258 e. The highest BCUT2D eigenvalue weighted by Crippen LogP contribution is 2.29. The average Bonchev–Trinajstić information content (AvgIpc) is 2.78. The van der Waals surface area contributed by atoms with Gasteiger partial charge in [0.1, 0.15) is 0 Å². The second-order valence-electron chi connectivity index (χ2n) is 7.76. The number of hydrogen-bond donors (Lipinski definition) is 1. The van der Waals surface area contributed by atoms with Crippen LogP contribution in [0.25, 0.3) is 0 Å². The van der Waals surface area contributed by atoms with E-state index >= 15 is 0 Å². The molecule has 4 nitrogen and oxygen atoms in total. The molecule has 0 aliphatic carbocycles. The summed E-state index contributed by atoms with van der Waals surface area (Å²) in [5.41, 5.74) is 5.58. The molecule has 0 spiro atoms. The summed E-state index contributed by atoms with van der Waals surface area (Å²) >= 11 is 0. The van der Waals surface area contributed by atoms with E-state index in [1.165, 1.54) is 5.56 Å². The van der Waals surface area contributed by atoms with Crippen molar-refractivity contribution in [3.8, 4) is 0 Å². The standard InChI is InChI=1S/C26H26N2O2/c1-19-7-5-10-23(17-19)26(30)28-16-6-11-21-18-22(12-13-24(21)28)25(29)27-15-14-20-8-3-2-4-9-20/h2-5,7-10,12-13,17-18H,6,11,14-16H2,1H3,(H,27,29). The predicted octanol–water partition coefficient (Wildman–Crippen LogP) is 4.56. The second kappa shape index (κ2) is 8.95. The van der Waals surface area contributed by atoms with E-state index in [-0.39, 0.29) is 11.8 Å². The highest BCUT2D eigenvalue weighted by molar-refractivity contribution is 6.07. The number of carbonyl (C=O) groups excluding carboxylic acids is 2. The molecular weight excluding hydrogens is 372 g/mol. The van der Waals surface area contributed by atoms with Gasteiger partial charge in [-0.2, -0.15) is 0 Å². The number of benzene rings is 3. The zero-order chi connectivity index (χ0) is 20.9. The van der Waals surface area contributed by atoms with E-state index < -0.39 is 0 Å². The lowest BCUT2D eigenvalue weighted by molar-refractivity contribution is 0.0953. The van der Waals surface area contributed by atoms with Crippen LogP contribution in [0.15, 0.2) is 72.8 Å². The SMILES string of the molecule is Cc1cccc(C(=O)N2CCCc3cc(C(=O)NCCc4ccccc4)ccc32)c1. The quantitative estimate of drug-likeness (QED) is 0.685. The fraction of sp³-hybridized carbons (Fsp3) is 0.231. The van der Waals surface area contributed by atoms with E-state index in [1.807, 2.05) is 72.5 Å². The third-order valence-electron chi connectivity index (χ3n) is 5.51. The van der Waals surface area contributed by atoms with Gasteiger partial charge < -0.3 is 10.2 Å². The van der Waals surface area contributed by atoms with Crippen LogP contribution in [0.5, 0.6) is 0 Å². The molecule has 1 aliphatic rings. The van der Waals surface area contributed by atoms with Gasteiger partial charge in [0.25, 0.3) is 11.8 Å². The molecule has 1 N–H and O–H groups in total. The van der Waals surface area contributed by atoms with Crippen LogP contribution in [-0.2, 0) is 12.8 Å². The molecular formula is C26H26N2O2. The number of aryl methyl sites for hydroxylation is 2. The van der Waals surface area contributed by atoms with Crippen molar-refractivity contribution in [1.82, 2.24) is 5.32 Å². The molecule has 0 bridgehead atoms. The highest BCUT2D eigenvalue weighted by Gasteiger charge is 2.24. The Hall–Kier alpha value is -3.40. The maximum absolute atomic E-state index is 13.1. The van der Waals surface area contributed by atoms with E-state index in [0.29, 0.717) is 24.2 Å². The summed E-state index contributed by atoms with van der Waals surface area (Å²) in [6, 6.07) is 23.5. The first-order valence-corrected chi connectivity index (χ1v) is 10.5. The molecule has 0 radical (unpaired) electrons. The zero-order valence-corrected chi connectivity index (χ0v) is 17.2. The number of hydrogen-bond acceptors (Lipinski definition) is 2. The molecule has 4 rings (SSSR count). The first-order chi connectivity index (χ1) is 14.6. The molecule has 0 unspecified atom stereocenters. The molecule has 4 heteroatoms. The van der Waals surface area contributed by atoms with E-state index in [0.717, 1.165) is 36.1 Å². The highest BCUT2D eigenvalue weighted by atomic mass is 16.2. The zero-order valence-electron chi connectivity index (χ0n) is 17.2. The Balaban J connectivity index is 1.46. The predicted molar refractivity (Wildman–Crippen MR) is 120 cm³/mol. The molecule has 152 valence electrons. The molecule has 0 fully saturated rings. The first kappa shape index (κ1) is 19.9. The average molecular weight is 399 g/mol. The van der Waals surface area contributed by atoms with Crippen molar-refractivity contribution in [3.63, 3.8) is 0 Å². The minimum Gasteiger partial charge on any atom is -0.352 e. The molecule has 2 amide bonds. The summed E-state index contributed by atoms with van der Waals surface area (Å²) in [6.45, 7) is 3.28. The number of fused-ring (bicyclic) bond motifs is 1. The van der Waals surface area contributed by atoms with Crippen molar-refractivity contribution in [3.05, 3.63) is 101 Å². The van der Waals surface area contributed by atoms with Gasteiger partial charge in [0.2, 0.25) is 0 Å². The van der Waals surface area contributed by atoms with Crippen LogP contribution < -0.4 is 10.2 Å². The Morgan fingerprint density at radius 1 is 0.933 bits per heavy atom. The Labute approximate surface area is 177 Å². The van der Waals surface area contributed by atoms with Crippen LogP contribution in [0.4, 0.5) is 5.69 Å². The molecule has 0 aromatic heterocycles. The fourth-order valence-corrected chi connectivity index (χ4v) is 3.95. The summed E-state index contributed by atoms with van der Waals surface area (Å²) < 4.78 is 0. The molecule has 3 aromatic carbocycles. The van der Waals surface area contributed by atoms with Crippen molar-refractivity contribution in [2.45, 2.75) is 26.2 Å². The van der Waals surface area contributed by atoms with Crippen LogP contribution in [-0.4, -0.2) is 24.9 Å². The maximum atomic E-state index is 13.1. The van der Waals surface area contributed by atoms with Gasteiger partial charge in [-0.1, -0.05) is 48.0 Å². The van der Waals surface area contributed by atoms with Gasteiger partial charge in [-0.05, 0) is 67.6 Å². The number of amides is 2. The number of nitrogens with zero attached hydrogens (tertiary/aromatic N) is 1. The van der Waals surface area contributed by atoms with Crippen molar-refractivity contribution in [2.75, 3.05) is 18.0 Å². The molecule has 1 aliphatic heterocycles. The summed E-state index contributed by atoms with van der Waals surface area (Å²) in [4.78, 5) is 27.5. The van der Waals surface area contributed by atoms with E-state index in [4.69, 9.17) is 0 Å². The van der Waals surface area contributed by atoms with E-state index in [2.05, 4.69) is 17.4 Å². The van der Waals surface area contributed by atoms with Gasteiger partial charge in [0, 0.05) is 29.9 Å². The van der Waals surface area contributed by atoms with Crippen LogP contribution >= 0.6 is 0 Å². The fourth-order valence-electron chi connectivity index (χ4n) is 3.95. The number of anilines is 1. The van der Waals surface area contributed by atoms with E-state index in [9.17, 15) is 9.59 Å². The van der Waals surface area contributed by atoms with Crippen molar-refractivity contribution in [2.24, 2.45) is 0 Å². The van der Waals surface area contributed by atoms with Gasteiger partial charge in [-0.15, -0.1) is 0 Å². The summed E-state index contributed by atoms with van der Waals surface area (Å²) in [5, 5.41) is 3.00. The van der Waals surface area contributed by atoms with Gasteiger partial charge in [0.05, 0.1) is 0 Å². The minimum atomic E-state index is -0.0733. The molecule has 0 saturated carbocycles. The van der Waals surface area contributed by atoms with Crippen molar-refractivity contribution in [1.29, 1.82) is 0 Å². The van der Waals surface area contributed by atoms with Gasteiger partial charge >= 0.3 is 0 Å². The number of carbonyl (C=O) groups is 2. The van der Waals surface area contributed by atoms with Gasteiger partial charge in [-0.25, -0.2) is 0 Å². The molecule has 3 aromatic rings. The van der Waals surface area contributed by atoms with Gasteiger partial charge in [-0.3, -0.25) is 9.59 Å². The Bertz CT molecular complexity index is 1060. The van der Waals surface area contributed by atoms with Crippen LogP contribution in [0.3, 0.4) is 0 Å². The minimum absolute atomic E-state index is 0.0136. The topological polar surface area (TPSA) is 49.4 Å². The lowest BCUT2D eigenvalue weighted by Crippen LogP contribution is -2.35. The Kier molecular flexibility index (Phi) is 5.94. The lowest BCUT2D eigenvalue weighted by atomic mass is 9.98. The largest absolute Gasteiger partial charge is 0.352 e. The summed E-state index contributed by atoms with van der Waals surface area (Å²) in [6.07, 6.45) is 2.57. The third-order valence-corrected chi connectivity index (χ3v) is 5.51. The molecule has 1 heterocycles. The van der Waals surface area contributed by atoms with Crippen LogP contribution in [0.1, 0.15) is 43.8 Å². The van der Waals surface area contributed by atoms with Gasteiger partial charge in [0.15, 0.2) is 0 Å². The maximum Gasteiger partial charge on any atom is 0.258 e. The molecule has 0 atom stereocenters. The van der Waals surface area contributed by atoms with Crippen molar-refractivity contribution < 1.29 is 9.59 Å². The first-order valence-electron chi connectivity index (χ1n) is 10.5. The molecule has 30 heavy (non-hydrogen) atoms. The second-order valence-corrected chi connectivity index (χ2v) is 7.76. The lowest BCUT2D eigenvalue weighted by Gasteiger charge is -2.30. The van der Waals surface area contributed by atoms with Crippen molar-refractivity contribution >= 4 is 17.5 Å². The monoisotopic (exact) mass is 398 g/mol. The third kappa shape index (κ3) is 4.43. The number of nitrogens with one attached hydrogen (secondary N) is 1. The summed E-state index contributed by atoms with van der Waals surface area (Å²) in [7, 11) is 0. The van der Waals surface area contributed by atoms with Crippen LogP contribution in [0, 0.1) is 6.92 Å². The number of rotatable bonds is 5. The normalized spacial score (nSPS) is 12.9. The summed E-state index contributed by atoms with van der Waals surface area (Å²) in [5.74, 6) is -0.0597. The molecule has 0 saturated heterocycles. The van der Waals surface area contributed by atoms with Crippen LogP contribution in [0.2, 0.25) is 0 Å². The van der Waals surface area contributed by atoms with E-state index in [1.54, 1.807) is 0 Å².